The molecule has 0 spiro atoms. The summed E-state index contributed by atoms with van der Waals surface area (Å²) in [5.41, 5.74) is 2.50. The molecule has 0 atom stereocenters. The van der Waals surface area contributed by atoms with Crippen LogP contribution in [0, 0.1) is 18.8 Å². The molecule has 1 aromatic rings. The lowest BCUT2D eigenvalue weighted by Crippen LogP contribution is -2.29. The van der Waals surface area contributed by atoms with E-state index in [9.17, 15) is 4.79 Å². The molecule has 0 aliphatic rings. The van der Waals surface area contributed by atoms with Gasteiger partial charge in [0, 0.05) is 17.8 Å². The van der Waals surface area contributed by atoms with E-state index in [0.29, 0.717) is 12.2 Å². The Balaban J connectivity index is 2.75. The number of amides is 2. The normalized spacial score (nSPS) is 9.28. The molecule has 0 saturated heterocycles. The van der Waals surface area contributed by atoms with Gasteiger partial charge in [0.05, 0.1) is 0 Å². The summed E-state index contributed by atoms with van der Waals surface area (Å²) in [7, 11) is 0. The minimum absolute atomic E-state index is 0.173. The number of carbonyl (C=O) groups is 1. The van der Waals surface area contributed by atoms with Crippen LogP contribution in [-0.2, 0) is 0 Å². The van der Waals surface area contributed by atoms with Crippen molar-refractivity contribution in [3.63, 3.8) is 0 Å². The summed E-state index contributed by atoms with van der Waals surface area (Å²) in [5, 5.41) is 14.1. The third-order valence-corrected chi connectivity index (χ3v) is 2.33. The molecule has 1 rings (SSSR count). The van der Waals surface area contributed by atoms with Crippen LogP contribution >= 0.6 is 0 Å². The van der Waals surface area contributed by atoms with Gasteiger partial charge in [0.2, 0.25) is 0 Å². The van der Waals surface area contributed by atoms with E-state index in [1.807, 2.05) is 26.0 Å². The Morgan fingerprint density at radius 1 is 1.44 bits per heavy atom. The van der Waals surface area contributed by atoms with Crippen LogP contribution in [0.1, 0.15) is 24.5 Å². The van der Waals surface area contributed by atoms with E-state index in [4.69, 9.17) is 5.11 Å². The molecule has 0 saturated carbocycles. The predicted octanol–water partition coefficient (Wildman–Crippen LogP) is 1.87. The van der Waals surface area contributed by atoms with Crippen LogP contribution in [0.4, 0.5) is 10.5 Å². The molecule has 0 unspecified atom stereocenters. The van der Waals surface area contributed by atoms with Crippen molar-refractivity contribution in [3.8, 4) is 11.8 Å². The summed E-state index contributed by atoms with van der Waals surface area (Å²) in [6, 6.07) is 5.28. The molecule has 3 N–H and O–H groups in total. The minimum Gasteiger partial charge on any atom is -0.384 e. The van der Waals surface area contributed by atoms with Gasteiger partial charge in [-0.2, -0.15) is 0 Å². The Labute approximate surface area is 107 Å². The molecular formula is C14H18N2O2. The topological polar surface area (TPSA) is 61.4 Å². The molecule has 0 radical (unpaired) electrons. The van der Waals surface area contributed by atoms with Crippen molar-refractivity contribution in [2.45, 2.75) is 20.3 Å². The standard InChI is InChI=1S/C14H18N2O2/c1-3-8-15-14(18)16-13-7-6-11(2)12(10-13)5-4-9-17/h6-7,10,17H,3,8-9H2,1-2H3,(H2,15,16,18). The van der Waals surface area contributed by atoms with Gasteiger partial charge in [-0.1, -0.05) is 24.8 Å². The fourth-order valence-corrected chi connectivity index (χ4v) is 1.38. The van der Waals surface area contributed by atoms with Gasteiger partial charge >= 0.3 is 6.03 Å². The smallest absolute Gasteiger partial charge is 0.319 e. The molecule has 96 valence electrons. The SMILES string of the molecule is CCCNC(=O)Nc1ccc(C)c(C#CCO)c1. The van der Waals surface area contributed by atoms with Crippen molar-refractivity contribution in [1.29, 1.82) is 0 Å². The summed E-state index contributed by atoms with van der Waals surface area (Å²) in [5.74, 6) is 5.45. The summed E-state index contributed by atoms with van der Waals surface area (Å²) in [4.78, 5) is 11.5. The highest BCUT2D eigenvalue weighted by Crippen LogP contribution is 2.14. The Hall–Kier alpha value is -1.99. The second-order valence-electron chi connectivity index (χ2n) is 3.87. The lowest BCUT2D eigenvalue weighted by Gasteiger charge is -2.08. The number of aliphatic hydroxyl groups excluding tert-OH is 1. The van der Waals surface area contributed by atoms with Gasteiger partial charge < -0.3 is 15.7 Å². The first kappa shape index (κ1) is 14.1. The lowest BCUT2D eigenvalue weighted by atomic mass is 10.1. The van der Waals surface area contributed by atoms with E-state index < -0.39 is 0 Å². The molecule has 0 aliphatic carbocycles. The predicted molar refractivity (Wildman–Crippen MR) is 72.5 cm³/mol. The number of hydrogen-bond acceptors (Lipinski definition) is 2. The van der Waals surface area contributed by atoms with Crippen molar-refractivity contribution in [2.75, 3.05) is 18.5 Å². The van der Waals surface area contributed by atoms with Gasteiger partial charge in [-0.25, -0.2) is 4.79 Å². The maximum atomic E-state index is 11.5. The first-order valence-corrected chi connectivity index (χ1v) is 5.92. The molecule has 18 heavy (non-hydrogen) atoms. The van der Waals surface area contributed by atoms with E-state index in [-0.39, 0.29) is 12.6 Å². The zero-order chi connectivity index (χ0) is 13.4. The van der Waals surface area contributed by atoms with E-state index >= 15 is 0 Å². The van der Waals surface area contributed by atoms with Crippen molar-refractivity contribution >= 4 is 11.7 Å². The van der Waals surface area contributed by atoms with Gasteiger partial charge in [0.15, 0.2) is 0 Å². The third-order valence-electron chi connectivity index (χ3n) is 2.33. The summed E-state index contributed by atoms with van der Waals surface area (Å²) in [6.07, 6.45) is 0.897. The Morgan fingerprint density at radius 3 is 2.89 bits per heavy atom. The highest BCUT2D eigenvalue weighted by atomic mass is 16.2. The molecular weight excluding hydrogens is 228 g/mol. The van der Waals surface area contributed by atoms with Crippen molar-refractivity contribution in [2.24, 2.45) is 0 Å². The van der Waals surface area contributed by atoms with Crippen LogP contribution in [-0.4, -0.2) is 24.3 Å². The Morgan fingerprint density at radius 2 is 2.22 bits per heavy atom. The molecule has 1 aromatic carbocycles. The molecule has 4 heteroatoms. The third kappa shape index (κ3) is 4.48. The van der Waals surface area contributed by atoms with Crippen LogP contribution in [0.3, 0.4) is 0 Å². The maximum absolute atomic E-state index is 11.5. The number of aliphatic hydroxyl groups is 1. The summed E-state index contributed by atoms with van der Waals surface area (Å²) < 4.78 is 0. The number of hydrogen-bond donors (Lipinski definition) is 3. The van der Waals surface area contributed by atoms with Gasteiger partial charge in [-0.15, -0.1) is 0 Å². The zero-order valence-corrected chi connectivity index (χ0v) is 10.7. The monoisotopic (exact) mass is 246 g/mol. The quantitative estimate of drug-likeness (QED) is 0.713. The molecule has 2 amide bonds. The minimum atomic E-state index is -0.221. The number of carbonyl (C=O) groups excluding carboxylic acids is 1. The molecule has 0 aromatic heterocycles. The van der Waals surface area contributed by atoms with E-state index in [0.717, 1.165) is 17.5 Å². The van der Waals surface area contributed by atoms with Gasteiger partial charge in [0.1, 0.15) is 6.61 Å². The largest absolute Gasteiger partial charge is 0.384 e. The number of urea groups is 1. The van der Waals surface area contributed by atoms with Crippen LogP contribution in [0.15, 0.2) is 18.2 Å². The highest BCUT2D eigenvalue weighted by molar-refractivity contribution is 5.89. The Bertz CT molecular complexity index is 472. The summed E-state index contributed by atoms with van der Waals surface area (Å²) in [6.45, 7) is 4.40. The van der Waals surface area contributed by atoms with Crippen LogP contribution in [0.2, 0.25) is 0 Å². The van der Waals surface area contributed by atoms with E-state index in [1.54, 1.807) is 6.07 Å². The maximum Gasteiger partial charge on any atom is 0.319 e. The van der Waals surface area contributed by atoms with E-state index in [2.05, 4.69) is 22.5 Å². The molecule has 0 fully saturated rings. The fourth-order valence-electron chi connectivity index (χ4n) is 1.38. The average Bonchev–Trinajstić information content (AvgIpc) is 2.37. The number of aryl methyl sites for hydroxylation is 1. The molecule has 4 nitrogen and oxygen atoms in total. The fraction of sp³-hybridized carbons (Fsp3) is 0.357. The number of anilines is 1. The number of rotatable bonds is 3. The first-order valence-electron chi connectivity index (χ1n) is 5.92. The average molecular weight is 246 g/mol. The van der Waals surface area contributed by atoms with Gasteiger partial charge in [0.25, 0.3) is 0 Å². The van der Waals surface area contributed by atoms with Crippen LogP contribution < -0.4 is 10.6 Å². The zero-order valence-electron chi connectivity index (χ0n) is 10.7. The second-order valence-corrected chi connectivity index (χ2v) is 3.87. The number of benzene rings is 1. The van der Waals surface area contributed by atoms with Crippen molar-refractivity contribution in [3.05, 3.63) is 29.3 Å². The van der Waals surface area contributed by atoms with E-state index in [1.165, 1.54) is 0 Å². The highest BCUT2D eigenvalue weighted by Gasteiger charge is 2.02. The van der Waals surface area contributed by atoms with Crippen LogP contribution in [0.5, 0.6) is 0 Å². The van der Waals surface area contributed by atoms with Gasteiger partial charge in [-0.05, 0) is 31.0 Å². The first-order chi connectivity index (χ1) is 8.67. The number of nitrogens with one attached hydrogen (secondary N) is 2. The van der Waals surface area contributed by atoms with Crippen molar-refractivity contribution < 1.29 is 9.90 Å². The Kier molecular flexibility index (Phi) is 5.75. The molecule has 0 bridgehead atoms. The second kappa shape index (κ2) is 7.36. The molecule has 0 aliphatic heterocycles. The van der Waals surface area contributed by atoms with Gasteiger partial charge in [-0.3, -0.25) is 0 Å². The molecule has 0 heterocycles. The lowest BCUT2D eigenvalue weighted by molar-refractivity contribution is 0.252. The van der Waals surface area contributed by atoms with Crippen LogP contribution in [0.25, 0.3) is 0 Å². The van der Waals surface area contributed by atoms with Crippen molar-refractivity contribution in [1.82, 2.24) is 5.32 Å². The summed E-state index contributed by atoms with van der Waals surface area (Å²) >= 11 is 0.